The molecule has 8 heteroatoms. The van der Waals surface area contributed by atoms with Gasteiger partial charge in [0, 0.05) is 31.4 Å². The Hall–Kier alpha value is -3.29. The van der Waals surface area contributed by atoms with Crippen molar-refractivity contribution in [2.75, 3.05) is 32.6 Å². The molecule has 1 aliphatic heterocycles. The number of fused-ring (bicyclic) bond motifs is 1. The molecule has 1 aliphatic rings. The number of nitrogens with one attached hydrogen (secondary N) is 1. The second-order valence-corrected chi connectivity index (χ2v) is 7.09. The first-order valence-electron chi connectivity index (χ1n) is 9.68. The average Bonchev–Trinajstić information content (AvgIpc) is 3.09. The van der Waals surface area contributed by atoms with Crippen LogP contribution in [-0.4, -0.2) is 52.8 Å². The molecule has 1 saturated heterocycles. The number of urea groups is 1. The normalized spacial score (nSPS) is 14.8. The van der Waals surface area contributed by atoms with Crippen molar-refractivity contribution in [2.24, 2.45) is 0 Å². The lowest BCUT2D eigenvalue weighted by atomic mass is 10.0. The van der Waals surface area contributed by atoms with Gasteiger partial charge in [-0.3, -0.25) is 0 Å². The van der Waals surface area contributed by atoms with Gasteiger partial charge in [-0.05, 0) is 44.0 Å². The van der Waals surface area contributed by atoms with E-state index >= 15 is 0 Å². The standard InChI is InChI=1S/C21H25N5O3/c1-14-23-18-5-4-10-22-20(18)26(14)15-8-11-25(12-9-15)21(27)24-17-7-6-16(28-2)13-19(17)29-3/h4-7,10,13,15H,8-9,11-12H2,1-3H3,(H,24,27). The lowest BCUT2D eigenvalue weighted by molar-refractivity contribution is 0.184. The molecule has 152 valence electrons. The maximum atomic E-state index is 12.8. The fraction of sp³-hybridized carbons (Fsp3) is 0.381. The molecule has 0 atom stereocenters. The zero-order chi connectivity index (χ0) is 20.4. The summed E-state index contributed by atoms with van der Waals surface area (Å²) >= 11 is 0. The van der Waals surface area contributed by atoms with E-state index in [9.17, 15) is 4.79 Å². The quantitative estimate of drug-likeness (QED) is 0.730. The van der Waals surface area contributed by atoms with Gasteiger partial charge >= 0.3 is 6.03 Å². The van der Waals surface area contributed by atoms with Crippen LogP contribution in [0, 0.1) is 6.92 Å². The number of imidazole rings is 1. The Bertz CT molecular complexity index is 1020. The van der Waals surface area contributed by atoms with E-state index in [1.165, 1.54) is 0 Å². The number of methoxy groups -OCH3 is 2. The molecular formula is C21H25N5O3. The fourth-order valence-electron chi connectivity index (χ4n) is 3.90. The van der Waals surface area contributed by atoms with Gasteiger partial charge in [-0.15, -0.1) is 0 Å². The average molecular weight is 395 g/mol. The Morgan fingerprint density at radius 1 is 1.17 bits per heavy atom. The van der Waals surface area contributed by atoms with Gasteiger partial charge in [0.05, 0.1) is 19.9 Å². The fourth-order valence-corrected chi connectivity index (χ4v) is 3.90. The van der Waals surface area contributed by atoms with Gasteiger partial charge in [0.2, 0.25) is 0 Å². The summed E-state index contributed by atoms with van der Waals surface area (Å²) in [5.74, 6) is 2.21. The maximum Gasteiger partial charge on any atom is 0.321 e. The van der Waals surface area contributed by atoms with Crippen LogP contribution >= 0.6 is 0 Å². The Kier molecular flexibility index (Phi) is 5.24. The smallest absolute Gasteiger partial charge is 0.321 e. The summed E-state index contributed by atoms with van der Waals surface area (Å²) in [6.45, 7) is 3.35. The van der Waals surface area contributed by atoms with Gasteiger partial charge in [-0.1, -0.05) is 0 Å². The molecule has 1 fully saturated rings. The van der Waals surface area contributed by atoms with Crippen molar-refractivity contribution in [3.63, 3.8) is 0 Å². The number of aryl methyl sites for hydroxylation is 1. The van der Waals surface area contributed by atoms with Gasteiger partial charge in [0.15, 0.2) is 5.65 Å². The third kappa shape index (κ3) is 3.70. The van der Waals surface area contributed by atoms with Gasteiger partial charge < -0.3 is 24.3 Å². The number of anilines is 1. The highest BCUT2D eigenvalue weighted by molar-refractivity contribution is 5.91. The highest BCUT2D eigenvalue weighted by atomic mass is 16.5. The van der Waals surface area contributed by atoms with Crippen LogP contribution in [0.15, 0.2) is 36.5 Å². The number of nitrogens with zero attached hydrogens (tertiary/aromatic N) is 4. The van der Waals surface area contributed by atoms with Gasteiger partial charge in [0.1, 0.15) is 22.8 Å². The first-order chi connectivity index (χ1) is 14.1. The Labute approximate surface area is 169 Å². The SMILES string of the molecule is COc1ccc(NC(=O)N2CCC(n3c(C)nc4cccnc43)CC2)c(OC)c1. The van der Waals surface area contributed by atoms with Crippen LogP contribution in [0.3, 0.4) is 0 Å². The summed E-state index contributed by atoms with van der Waals surface area (Å²) in [6.07, 6.45) is 3.51. The number of rotatable bonds is 4. The van der Waals surface area contributed by atoms with E-state index in [1.54, 1.807) is 38.6 Å². The Balaban J connectivity index is 1.43. The number of ether oxygens (including phenoxy) is 2. The number of benzene rings is 1. The maximum absolute atomic E-state index is 12.8. The number of hydrogen-bond acceptors (Lipinski definition) is 5. The molecule has 0 saturated carbocycles. The summed E-state index contributed by atoms with van der Waals surface area (Å²) in [5.41, 5.74) is 2.45. The number of aromatic nitrogens is 3. The van der Waals surface area contributed by atoms with Crippen molar-refractivity contribution in [3.8, 4) is 11.5 Å². The number of amides is 2. The highest BCUT2D eigenvalue weighted by Crippen LogP contribution is 2.31. The predicted molar refractivity (Wildman–Crippen MR) is 111 cm³/mol. The zero-order valence-electron chi connectivity index (χ0n) is 16.9. The molecule has 0 spiro atoms. The number of piperidine rings is 1. The zero-order valence-corrected chi connectivity index (χ0v) is 16.9. The predicted octanol–water partition coefficient (Wildman–Crippen LogP) is 3.63. The van der Waals surface area contributed by atoms with Crippen molar-refractivity contribution in [1.29, 1.82) is 0 Å². The van der Waals surface area contributed by atoms with Crippen molar-refractivity contribution in [1.82, 2.24) is 19.4 Å². The molecule has 1 N–H and O–H groups in total. The van der Waals surface area contributed by atoms with E-state index in [0.717, 1.165) is 29.8 Å². The van der Waals surface area contributed by atoms with E-state index < -0.39 is 0 Å². The molecular weight excluding hydrogens is 370 g/mol. The van der Waals surface area contributed by atoms with Crippen LogP contribution in [0.5, 0.6) is 11.5 Å². The van der Waals surface area contributed by atoms with Crippen LogP contribution in [0.4, 0.5) is 10.5 Å². The first kappa shape index (κ1) is 19.0. The van der Waals surface area contributed by atoms with Crippen LogP contribution in [0.25, 0.3) is 11.2 Å². The Morgan fingerprint density at radius 2 is 1.97 bits per heavy atom. The molecule has 0 aliphatic carbocycles. The molecule has 8 nitrogen and oxygen atoms in total. The molecule has 0 unspecified atom stereocenters. The second kappa shape index (κ2) is 7.98. The number of carbonyl (C=O) groups excluding carboxylic acids is 1. The Morgan fingerprint density at radius 3 is 2.69 bits per heavy atom. The van der Waals surface area contributed by atoms with Gasteiger partial charge in [-0.2, -0.15) is 0 Å². The molecule has 3 heterocycles. The minimum Gasteiger partial charge on any atom is -0.497 e. The number of likely N-dealkylation sites (tertiary alicyclic amines) is 1. The third-order valence-corrected chi connectivity index (χ3v) is 5.39. The van der Waals surface area contributed by atoms with Crippen molar-refractivity contribution < 1.29 is 14.3 Å². The second-order valence-electron chi connectivity index (χ2n) is 7.09. The van der Waals surface area contributed by atoms with Crippen molar-refractivity contribution in [3.05, 3.63) is 42.4 Å². The molecule has 4 rings (SSSR count). The number of carbonyl (C=O) groups is 1. The van der Waals surface area contributed by atoms with E-state index in [0.29, 0.717) is 30.3 Å². The van der Waals surface area contributed by atoms with Crippen LogP contribution in [0.1, 0.15) is 24.7 Å². The van der Waals surface area contributed by atoms with Crippen molar-refractivity contribution >= 4 is 22.9 Å². The molecule has 0 radical (unpaired) electrons. The molecule has 3 aromatic rings. The largest absolute Gasteiger partial charge is 0.497 e. The summed E-state index contributed by atoms with van der Waals surface area (Å²) in [6, 6.07) is 9.38. The molecule has 2 aromatic heterocycles. The topological polar surface area (TPSA) is 81.5 Å². The van der Waals surface area contributed by atoms with E-state index in [4.69, 9.17) is 9.47 Å². The first-order valence-corrected chi connectivity index (χ1v) is 9.68. The van der Waals surface area contributed by atoms with Crippen molar-refractivity contribution in [2.45, 2.75) is 25.8 Å². The van der Waals surface area contributed by atoms with E-state index in [-0.39, 0.29) is 12.1 Å². The monoisotopic (exact) mass is 395 g/mol. The van der Waals surface area contributed by atoms with E-state index in [2.05, 4.69) is 19.9 Å². The van der Waals surface area contributed by atoms with Crippen LogP contribution < -0.4 is 14.8 Å². The van der Waals surface area contributed by atoms with Crippen LogP contribution in [0.2, 0.25) is 0 Å². The summed E-state index contributed by atoms with van der Waals surface area (Å²) < 4.78 is 12.8. The molecule has 2 amide bonds. The minimum atomic E-state index is -0.128. The summed E-state index contributed by atoms with van der Waals surface area (Å²) in [4.78, 5) is 23.7. The van der Waals surface area contributed by atoms with Gasteiger partial charge in [-0.25, -0.2) is 14.8 Å². The highest BCUT2D eigenvalue weighted by Gasteiger charge is 2.26. The molecule has 29 heavy (non-hydrogen) atoms. The summed E-state index contributed by atoms with van der Waals surface area (Å²) in [5, 5.41) is 2.95. The van der Waals surface area contributed by atoms with Crippen LogP contribution in [-0.2, 0) is 0 Å². The van der Waals surface area contributed by atoms with Gasteiger partial charge in [0.25, 0.3) is 0 Å². The lowest BCUT2D eigenvalue weighted by Crippen LogP contribution is -2.41. The minimum absolute atomic E-state index is 0.128. The third-order valence-electron chi connectivity index (χ3n) is 5.39. The number of hydrogen-bond donors (Lipinski definition) is 1. The molecule has 0 bridgehead atoms. The number of pyridine rings is 1. The lowest BCUT2D eigenvalue weighted by Gasteiger charge is -2.33. The molecule has 1 aromatic carbocycles. The summed E-state index contributed by atoms with van der Waals surface area (Å²) in [7, 11) is 3.17. The van der Waals surface area contributed by atoms with E-state index in [1.807, 2.05) is 24.0 Å².